The van der Waals surface area contributed by atoms with Gasteiger partial charge in [0.05, 0.1) is 16.6 Å². The lowest BCUT2D eigenvalue weighted by molar-refractivity contribution is -0.152. The number of hydrogen-bond acceptors (Lipinski definition) is 4. The number of amides is 3. The van der Waals surface area contributed by atoms with Crippen LogP contribution in [0.4, 0.5) is 4.79 Å². The number of carbonyl (C=O) groups is 3. The van der Waals surface area contributed by atoms with E-state index in [0.717, 1.165) is 17.5 Å². The molecule has 0 radical (unpaired) electrons. The van der Waals surface area contributed by atoms with Gasteiger partial charge in [-0.25, -0.2) is 14.6 Å². The fourth-order valence-corrected chi connectivity index (χ4v) is 3.35. The Balaban J connectivity index is 1.91. The summed E-state index contributed by atoms with van der Waals surface area (Å²) >= 11 is 12.0. The Labute approximate surface area is 215 Å². The first-order chi connectivity index (χ1) is 16.5. The topological polar surface area (TPSA) is 108 Å². The maximum absolute atomic E-state index is 12.6. The highest BCUT2D eigenvalue weighted by atomic mass is 35.5. The van der Waals surface area contributed by atoms with Crippen molar-refractivity contribution in [1.29, 1.82) is 0 Å². The van der Waals surface area contributed by atoms with Gasteiger partial charge in [0.2, 0.25) is 5.91 Å². The van der Waals surface area contributed by atoms with Crippen molar-refractivity contribution < 1.29 is 24.2 Å². The number of benzene rings is 2. The monoisotopic (exact) mass is 523 g/mol. The maximum Gasteiger partial charge on any atom is 0.347 e. The summed E-state index contributed by atoms with van der Waals surface area (Å²) in [7, 11) is 0. The van der Waals surface area contributed by atoms with Crippen molar-refractivity contribution in [3.8, 4) is 5.75 Å². The lowest BCUT2D eigenvalue weighted by atomic mass is 10.1. The second-order valence-electron chi connectivity index (χ2n) is 8.52. The molecule has 3 amide bonds. The molecule has 190 valence electrons. The summed E-state index contributed by atoms with van der Waals surface area (Å²) in [4.78, 5) is 36.3. The number of halogens is 2. The van der Waals surface area contributed by atoms with Gasteiger partial charge in [-0.05, 0) is 68.5 Å². The number of hydrogen-bond donors (Lipinski definition) is 3. The normalized spacial score (nSPS) is 11.0. The second-order valence-corrected chi connectivity index (χ2v) is 9.33. The third-order valence-corrected chi connectivity index (χ3v) is 5.78. The van der Waals surface area contributed by atoms with Crippen molar-refractivity contribution in [3.63, 3.8) is 0 Å². The molecule has 0 fully saturated rings. The van der Waals surface area contributed by atoms with Crippen LogP contribution in [0.3, 0.4) is 0 Å². The number of nitrogens with zero attached hydrogens (tertiary/aromatic N) is 1. The van der Waals surface area contributed by atoms with E-state index >= 15 is 0 Å². The van der Waals surface area contributed by atoms with E-state index < -0.39 is 17.6 Å². The molecule has 8 nitrogen and oxygen atoms in total. The molecule has 0 heterocycles. The number of ether oxygens (including phenoxy) is 1. The number of urea groups is 1. The van der Waals surface area contributed by atoms with E-state index in [4.69, 9.17) is 33.0 Å². The number of carbonyl (C=O) groups excluding carboxylic acids is 2. The molecular formula is C25H31Cl2N3O5. The van der Waals surface area contributed by atoms with Crippen LogP contribution >= 0.6 is 23.2 Å². The van der Waals surface area contributed by atoms with Crippen LogP contribution in [-0.4, -0.2) is 40.2 Å². The van der Waals surface area contributed by atoms with Crippen LogP contribution in [0.25, 0.3) is 0 Å². The molecule has 2 aromatic rings. The van der Waals surface area contributed by atoms with Crippen molar-refractivity contribution >= 4 is 41.1 Å². The molecule has 0 aliphatic rings. The molecular weight excluding hydrogens is 493 g/mol. The molecule has 3 N–H and O–H groups in total. The molecule has 0 spiro atoms. The quantitative estimate of drug-likeness (QED) is 0.350. The molecule has 0 aliphatic heterocycles. The Bertz CT molecular complexity index is 1030. The molecule has 10 heteroatoms. The van der Waals surface area contributed by atoms with Gasteiger partial charge in [-0.3, -0.25) is 10.2 Å². The standard InChI is InChI=1S/C25H31Cl2N3O5/c1-4-14-28-24(34)30(16-18-10-13-20(26)21(27)15-18)29-22(31)7-5-6-17-8-11-19(12-9-17)35-25(2,3)23(32)33/h8-13,15H,4-7,14,16H2,1-3H3,(H,28,34)(H,29,31)(H,32,33). The largest absolute Gasteiger partial charge is 0.478 e. The lowest BCUT2D eigenvalue weighted by Crippen LogP contribution is -2.50. The average Bonchev–Trinajstić information content (AvgIpc) is 2.80. The van der Waals surface area contributed by atoms with Crippen LogP contribution in [0.2, 0.25) is 10.0 Å². The van der Waals surface area contributed by atoms with Gasteiger partial charge in [-0.15, -0.1) is 0 Å². The third-order valence-electron chi connectivity index (χ3n) is 5.04. The summed E-state index contributed by atoms with van der Waals surface area (Å²) in [5.41, 5.74) is 3.04. The minimum atomic E-state index is -1.33. The van der Waals surface area contributed by atoms with Gasteiger partial charge in [-0.1, -0.05) is 48.3 Å². The van der Waals surface area contributed by atoms with E-state index in [2.05, 4.69) is 10.7 Å². The number of rotatable bonds is 11. The summed E-state index contributed by atoms with van der Waals surface area (Å²) in [5.74, 6) is -0.890. The Hall–Kier alpha value is -2.97. The van der Waals surface area contributed by atoms with Crippen LogP contribution in [0.1, 0.15) is 51.2 Å². The van der Waals surface area contributed by atoms with Crippen molar-refractivity contribution in [3.05, 3.63) is 63.6 Å². The minimum Gasteiger partial charge on any atom is -0.478 e. The van der Waals surface area contributed by atoms with E-state index in [0.29, 0.717) is 35.2 Å². The van der Waals surface area contributed by atoms with Crippen molar-refractivity contribution in [2.45, 2.75) is 58.6 Å². The highest BCUT2D eigenvalue weighted by Crippen LogP contribution is 2.23. The molecule has 0 saturated heterocycles. The van der Waals surface area contributed by atoms with E-state index in [1.807, 2.05) is 19.1 Å². The smallest absolute Gasteiger partial charge is 0.347 e. The van der Waals surface area contributed by atoms with Gasteiger partial charge >= 0.3 is 12.0 Å². The van der Waals surface area contributed by atoms with Gasteiger partial charge in [-0.2, -0.15) is 0 Å². The summed E-state index contributed by atoms with van der Waals surface area (Å²) in [6.07, 6.45) is 2.16. The second kappa shape index (κ2) is 13.2. The summed E-state index contributed by atoms with van der Waals surface area (Å²) in [5, 5.41) is 13.9. The number of aryl methyl sites for hydroxylation is 1. The highest BCUT2D eigenvalue weighted by Gasteiger charge is 2.29. The van der Waals surface area contributed by atoms with E-state index in [1.165, 1.54) is 18.9 Å². The SMILES string of the molecule is CCCNC(=O)N(Cc1ccc(Cl)c(Cl)c1)NC(=O)CCCc1ccc(OC(C)(C)C(=O)O)cc1. The Morgan fingerprint density at radius 1 is 1.03 bits per heavy atom. The Kier molecular flexibility index (Phi) is 10.7. The van der Waals surface area contributed by atoms with Crippen LogP contribution in [0.5, 0.6) is 5.75 Å². The van der Waals surface area contributed by atoms with Crippen LogP contribution < -0.4 is 15.5 Å². The van der Waals surface area contributed by atoms with E-state index in [1.54, 1.807) is 30.3 Å². The minimum absolute atomic E-state index is 0.131. The zero-order valence-corrected chi connectivity index (χ0v) is 21.6. The molecule has 0 aromatic heterocycles. The molecule has 0 bridgehead atoms. The molecule has 0 atom stereocenters. The van der Waals surface area contributed by atoms with Crippen molar-refractivity contribution in [1.82, 2.24) is 15.8 Å². The van der Waals surface area contributed by atoms with Gasteiger partial charge in [0, 0.05) is 13.0 Å². The summed E-state index contributed by atoms with van der Waals surface area (Å²) in [6, 6.07) is 11.7. The zero-order chi connectivity index (χ0) is 26.0. The molecule has 2 aromatic carbocycles. The lowest BCUT2D eigenvalue weighted by Gasteiger charge is -2.24. The molecule has 2 rings (SSSR count). The number of nitrogens with one attached hydrogen (secondary N) is 2. The zero-order valence-electron chi connectivity index (χ0n) is 20.1. The number of carboxylic acid groups (broad SMARTS) is 1. The molecule has 0 aliphatic carbocycles. The maximum atomic E-state index is 12.6. The van der Waals surface area contributed by atoms with E-state index in [-0.39, 0.29) is 18.9 Å². The van der Waals surface area contributed by atoms with Crippen molar-refractivity contribution in [2.75, 3.05) is 6.54 Å². The number of hydrazine groups is 1. The van der Waals surface area contributed by atoms with Crippen LogP contribution in [0.15, 0.2) is 42.5 Å². The Morgan fingerprint density at radius 2 is 1.69 bits per heavy atom. The molecule has 35 heavy (non-hydrogen) atoms. The molecule has 0 unspecified atom stereocenters. The van der Waals surface area contributed by atoms with Gasteiger partial charge in [0.1, 0.15) is 5.75 Å². The Morgan fingerprint density at radius 3 is 2.29 bits per heavy atom. The first kappa shape index (κ1) is 28.3. The fraction of sp³-hybridized carbons (Fsp3) is 0.400. The van der Waals surface area contributed by atoms with Crippen LogP contribution in [-0.2, 0) is 22.6 Å². The third kappa shape index (κ3) is 9.30. The predicted molar refractivity (Wildman–Crippen MR) is 136 cm³/mol. The fourth-order valence-electron chi connectivity index (χ4n) is 3.03. The number of carboxylic acids is 1. The van der Waals surface area contributed by atoms with Gasteiger partial charge < -0.3 is 15.2 Å². The number of aliphatic carboxylic acids is 1. The van der Waals surface area contributed by atoms with Crippen molar-refractivity contribution in [2.24, 2.45) is 0 Å². The van der Waals surface area contributed by atoms with Gasteiger partial charge in [0.15, 0.2) is 5.60 Å². The molecule has 0 saturated carbocycles. The first-order valence-electron chi connectivity index (χ1n) is 11.3. The summed E-state index contributed by atoms with van der Waals surface area (Å²) < 4.78 is 5.50. The highest BCUT2D eigenvalue weighted by molar-refractivity contribution is 6.42. The predicted octanol–water partition coefficient (Wildman–Crippen LogP) is 5.21. The summed E-state index contributed by atoms with van der Waals surface area (Å²) in [6.45, 7) is 5.51. The first-order valence-corrected chi connectivity index (χ1v) is 12.1. The van der Waals surface area contributed by atoms with Gasteiger partial charge in [0.25, 0.3) is 0 Å². The van der Waals surface area contributed by atoms with Crippen LogP contribution in [0, 0.1) is 0 Å². The average molecular weight is 524 g/mol. The van der Waals surface area contributed by atoms with E-state index in [9.17, 15) is 14.4 Å².